The molecular formula is C13H16N2O5. The fourth-order valence-electron chi connectivity index (χ4n) is 1.47. The zero-order valence-corrected chi connectivity index (χ0v) is 11.5. The number of hydrogen-bond acceptors (Lipinski definition) is 4. The second kappa shape index (κ2) is 6.55. The first-order valence-corrected chi connectivity index (χ1v) is 5.78. The molecule has 0 radical (unpaired) electrons. The van der Waals surface area contributed by atoms with E-state index in [1.165, 1.54) is 44.2 Å². The SMILES string of the molecule is COc1cc(NC(=O)CN(C)C(C)=O)ccc1C(=O)O. The molecule has 0 spiro atoms. The molecule has 1 rings (SSSR count). The fraction of sp³-hybridized carbons (Fsp3) is 0.308. The van der Waals surface area contributed by atoms with Crippen molar-refractivity contribution in [1.29, 1.82) is 0 Å². The van der Waals surface area contributed by atoms with E-state index >= 15 is 0 Å². The van der Waals surface area contributed by atoms with E-state index in [0.29, 0.717) is 5.69 Å². The Balaban J connectivity index is 2.81. The minimum absolute atomic E-state index is 0.00588. The number of ether oxygens (including phenoxy) is 1. The summed E-state index contributed by atoms with van der Waals surface area (Å²) in [6.07, 6.45) is 0. The number of carboxylic acid groups (broad SMARTS) is 1. The highest BCUT2D eigenvalue weighted by Gasteiger charge is 2.13. The maximum atomic E-state index is 11.7. The summed E-state index contributed by atoms with van der Waals surface area (Å²) in [5, 5.41) is 11.5. The summed E-state index contributed by atoms with van der Waals surface area (Å²) >= 11 is 0. The van der Waals surface area contributed by atoms with Crippen LogP contribution in [-0.2, 0) is 9.59 Å². The Bertz CT molecular complexity index is 542. The van der Waals surface area contributed by atoms with Gasteiger partial charge in [0.2, 0.25) is 11.8 Å². The number of nitrogens with one attached hydrogen (secondary N) is 1. The first-order chi connectivity index (χ1) is 9.35. The van der Waals surface area contributed by atoms with Crippen molar-refractivity contribution in [3.05, 3.63) is 23.8 Å². The Hall–Kier alpha value is -2.57. The number of anilines is 1. The first kappa shape index (κ1) is 15.5. The average Bonchev–Trinajstić information content (AvgIpc) is 2.37. The van der Waals surface area contributed by atoms with Crippen molar-refractivity contribution in [2.75, 3.05) is 26.0 Å². The Morgan fingerprint density at radius 1 is 1.35 bits per heavy atom. The average molecular weight is 280 g/mol. The molecule has 1 aromatic carbocycles. The monoisotopic (exact) mass is 280 g/mol. The summed E-state index contributed by atoms with van der Waals surface area (Å²) in [5.74, 6) is -1.57. The largest absolute Gasteiger partial charge is 0.496 e. The molecule has 7 heteroatoms. The lowest BCUT2D eigenvalue weighted by Gasteiger charge is -2.15. The number of benzene rings is 1. The molecule has 108 valence electrons. The predicted molar refractivity (Wildman–Crippen MR) is 71.9 cm³/mol. The van der Waals surface area contributed by atoms with Crippen LogP contribution in [0.15, 0.2) is 18.2 Å². The van der Waals surface area contributed by atoms with Crippen LogP contribution in [0.2, 0.25) is 0 Å². The van der Waals surface area contributed by atoms with Crippen molar-refractivity contribution in [2.24, 2.45) is 0 Å². The molecule has 0 aromatic heterocycles. The lowest BCUT2D eigenvalue weighted by Crippen LogP contribution is -2.33. The second-order valence-corrected chi connectivity index (χ2v) is 4.14. The van der Waals surface area contributed by atoms with Crippen LogP contribution in [0.25, 0.3) is 0 Å². The summed E-state index contributed by atoms with van der Waals surface area (Å²) < 4.78 is 4.95. The van der Waals surface area contributed by atoms with Crippen molar-refractivity contribution in [3.8, 4) is 5.75 Å². The number of rotatable bonds is 5. The number of carboxylic acids is 1. The highest BCUT2D eigenvalue weighted by atomic mass is 16.5. The summed E-state index contributed by atoms with van der Waals surface area (Å²) in [5.41, 5.74) is 0.403. The van der Waals surface area contributed by atoms with Gasteiger partial charge < -0.3 is 20.1 Å². The smallest absolute Gasteiger partial charge is 0.339 e. The molecule has 7 nitrogen and oxygen atoms in total. The van der Waals surface area contributed by atoms with Crippen LogP contribution in [0.3, 0.4) is 0 Å². The molecule has 0 saturated carbocycles. The minimum atomic E-state index is -1.11. The van der Waals surface area contributed by atoms with Crippen molar-refractivity contribution in [1.82, 2.24) is 4.90 Å². The van der Waals surface area contributed by atoms with Crippen LogP contribution < -0.4 is 10.1 Å². The van der Waals surface area contributed by atoms with Crippen LogP contribution in [0.5, 0.6) is 5.75 Å². The number of methoxy groups -OCH3 is 1. The Kier molecular flexibility index (Phi) is 5.08. The Morgan fingerprint density at radius 2 is 2.00 bits per heavy atom. The van der Waals surface area contributed by atoms with Gasteiger partial charge >= 0.3 is 5.97 Å². The molecule has 0 bridgehead atoms. The number of nitrogens with zero attached hydrogens (tertiary/aromatic N) is 1. The Labute approximate surface area is 116 Å². The molecule has 0 aliphatic rings. The molecule has 2 N–H and O–H groups in total. The molecule has 2 amide bonds. The van der Waals surface area contributed by atoms with Gasteiger partial charge in [-0.05, 0) is 12.1 Å². The van der Waals surface area contributed by atoms with Gasteiger partial charge in [0.25, 0.3) is 0 Å². The third kappa shape index (κ3) is 3.98. The van der Waals surface area contributed by atoms with E-state index in [9.17, 15) is 14.4 Å². The number of carbonyl (C=O) groups is 3. The highest BCUT2D eigenvalue weighted by Crippen LogP contribution is 2.23. The van der Waals surface area contributed by atoms with Crippen LogP contribution in [0, 0.1) is 0 Å². The van der Waals surface area contributed by atoms with Gasteiger partial charge in [-0.25, -0.2) is 4.79 Å². The Morgan fingerprint density at radius 3 is 2.50 bits per heavy atom. The molecule has 0 saturated heterocycles. The van der Waals surface area contributed by atoms with Gasteiger partial charge in [0.1, 0.15) is 11.3 Å². The van der Waals surface area contributed by atoms with Gasteiger partial charge in [-0.15, -0.1) is 0 Å². The molecule has 0 aliphatic heterocycles. The van der Waals surface area contributed by atoms with Crippen molar-refractivity contribution < 1.29 is 24.2 Å². The lowest BCUT2D eigenvalue weighted by molar-refractivity contribution is -0.131. The van der Waals surface area contributed by atoms with Gasteiger partial charge in [-0.3, -0.25) is 9.59 Å². The van der Waals surface area contributed by atoms with E-state index in [1.807, 2.05) is 0 Å². The van der Waals surface area contributed by atoms with E-state index in [2.05, 4.69) is 5.32 Å². The maximum Gasteiger partial charge on any atom is 0.339 e. The molecule has 1 aromatic rings. The molecule has 0 atom stereocenters. The number of aromatic carboxylic acids is 1. The molecule has 0 heterocycles. The summed E-state index contributed by atoms with van der Waals surface area (Å²) in [6.45, 7) is 1.27. The van der Waals surface area contributed by atoms with E-state index in [4.69, 9.17) is 9.84 Å². The summed E-state index contributed by atoms with van der Waals surface area (Å²) in [4.78, 5) is 34.9. The zero-order chi connectivity index (χ0) is 15.3. The standard InChI is InChI=1S/C13H16N2O5/c1-8(16)15(2)7-12(17)14-9-4-5-10(13(18)19)11(6-9)20-3/h4-6H,7H2,1-3H3,(H,14,17)(H,18,19). The van der Waals surface area contributed by atoms with Gasteiger partial charge in [0, 0.05) is 25.7 Å². The van der Waals surface area contributed by atoms with E-state index < -0.39 is 5.97 Å². The number of likely N-dealkylation sites (N-methyl/N-ethyl adjacent to an activating group) is 1. The first-order valence-electron chi connectivity index (χ1n) is 5.78. The topological polar surface area (TPSA) is 95.9 Å². The minimum Gasteiger partial charge on any atom is -0.496 e. The lowest BCUT2D eigenvalue weighted by atomic mass is 10.2. The van der Waals surface area contributed by atoms with Gasteiger partial charge in [-0.2, -0.15) is 0 Å². The van der Waals surface area contributed by atoms with Crippen LogP contribution in [0.4, 0.5) is 5.69 Å². The second-order valence-electron chi connectivity index (χ2n) is 4.14. The predicted octanol–water partition coefficient (Wildman–Crippen LogP) is 0.810. The van der Waals surface area contributed by atoms with Crippen molar-refractivity contribution >= 4 is 23.5 Å². The molecular weight excluding hydrogens is 264 g/mol. The molecule has 20 heavy (non-hydrogen) atoms. The molecule has 0 aliphatic carbocycles. The van der Waals surface area contributed by atoms with Crippen LogP contribution in [-0.4, -0.2) is 48.5 Å². The zero-order valence-electron chi connectivity index (χ0n) is 11.5. The van der Waals surface area contributed by atoms with E-state index in [0.717, 1.165) is 0 Å². The number of amides is 2. The van der Waals surface area contributed by atoms with E-state index in [-0.39, 0.29) is 29.7 Å². The quantitative estimate of drug-likeness (QED) is 0.832. The van der Waals surface area contributed by atoms with E-state index in [1.54, 1.807) is 0 Å². The number of hydrogen-bond donors (Lipinski definition) is 2. The van der Waals surface area contributed by atoms with Crippen LogP contribution in [0.1, 0.15) is 17.3 Å². The molecule has 0 unspecified atom stereocenters. The maximum absolute atomic E-state index is 11.7. The van der Waals surface area contributed by atoms with Gasteiger partial charge in [0.05, 0.1) is 13.7 Å². The van der Waals surface area contributed by atoms with Crippen molar-refractivity contribution in [3.63, 3.8) is 0 Å². The number of carbonyl (C=O) groups excluding carboxylic acids is 2. The summed E-state index contributed by atoms with van der Waals surface area (Å²) in [6, 6.07) is 4.21. The fourth-order valence-corrected chi connectivity index (χ4v) is 1.47. The van der Waals surface area contributed by atoms with Gasteiger partial charge in [-0.1, -0.05) is 0 Å². The van der Waals surface area contributed by atoms with Crippen LogP contribution >= 0.6 is 0 Å². The normalized spacial score (nSPS) is 9.75. The highest BCUT2D eigenvalue weighted by molar-refractivity contribution is 5.96. The van der Waals surface area contributed by atoms with Gasteiger partial charge in [0.15, 0.2) is 0 Å². The molecule has 0 fully saturated rings. The van der Waals surface area contributed by atoms with Crippen molar-refractivity contribution in [2.45, 2.75) is 6.92 Å². The summed E-state index contributed by atoms with van der Waals surface area (Å²) in [7, 11) is 2.85. The third-order valence-corrected chi connectivity index (χ3v) is 2.63. The third-order valence-electron chi connectivity index (χ3n) is 2.63.